The molecule has 1 aromatic heterocycles. The Morgan fingerprint density at radius 2 is 1.57 bits per heavy atom. The summed E-state index contributed by atoms with van der Waals surface area (Å²) in [5, 5.41) is 17.8. The summed E-state index contributed by atoms with van der Waals surface area (Å²) in [5.74, 6) is 5.09. The SMILES string of the molecule is O[C@H]1CCC2C3CCC4Cc5n[nH]cc5CC4C3CCC21. The third kappa shape index (κ3) is 1.79. The second-order valence-corrected chi connectivity index (χ2v) is 8.14. The van der Waals surface area contributed by atoms with E-state index in [9.17, 15) is 5.11 Å². The summed E-state index contributed by atoms with van der Waals surface area (Å²) in [6, 6.07) is 0. The Hall–Kier alpha value is -0.830. The molecule has 7 atom stereocenters. The second-order valence-electron chi connectivity index (χ2n) is 8.14. The average molecular weight is 286 g/mol. The van der Waals surface area contributed by atoms with Gasteiger partial charge in [0.15, 0.2) is 0 Å². The number of nitrogens with one attached hydrogen (secondary N) is 1. The van der Waals surface area contributed by atoms with E-state index in [1.54, 1.807) is 0 Å². The van der Waals surface area contributed by atoms with Crippen molar-refractivity contribution in [1.82, 2.24) is 10.2 Å². The third-order valence-corrected chi connectivity index (χ3v) is 7.52. The van der Waals surface area contributed by atoms with Crippen LogP contribution in [-0.2, 0) is 12.8 Å². The van der Waals surface area contributed by atoms with Crippen LogP contribution in [0.4, 0.5) is 0 Å². The van der Waals surface area contributed by atoms with E-state index < -0.39 is 0 Å². The number of H-pyrrole nitrogens is 1. The van der Waals surface area contributed by atoms with Gasteiger partial charge in [0.2, 0.25) is 0 Å². The van der Waals surface area contributed by atoms with Gasteiger partial charge in [-0.15, -0.1) is 0 Å². The van der Waals surface area contributed by atoms with Crippen molar-refractivity contribution in [3.8, 4) is 0 Å². The Morgan fingerprint density at radius 3 is 2.52 bits per heavy atom. The van der Waals surface area contributed by atoms with Crippen LogP contribution >= 0.6 is 0 Å². The molecule has 3 fully saturated rings. The van der Waals surface area contributed by atoms with E-state index in [1.165, 1.54) is 56.2 Å². The lowest BCUT2D eigenvalue weighted by Gasteiger charge is -2.51. The van der Waals surface area contributed by atoms with E-state index in [0.29, 0.717) is 5.92 Å². The monoisotopic (exact) mass is 286 g/mol. The Labute approximate surface area is 126 Å². The standard InChI is InChI=1S/C18H26N2O/c21-18-6-5-13-12-2-1-10-8-17-11(9-19-20-17)7-16(10)14(12)3-4-15(13)18/h9-10,12-16,18,21H,1-8H2,(H,19,20)/t10?,12?,13?,14?,15?,16?,18-/m0/s1. The number of aromatic nitrogens is 2. The first-order valence-corrected chi connectivity index (χ1v) is 9.01. The lowest BCUT2D eigenvalue weighted by Crippen LogP contribution is -2.46. The van der Waals surface area contributed by atoms with Crippen molar-refractivity contribution in [3.63, 3.8) is 0 Å². The molecule has 114 valence electrons. The molecule has 1 heterocycles. The molecule has 0 saturated heterocycles. The van der Waals surface area contributed by atoms with Crippen LogP contribution in [0.3, 0.4) is 0 Å². The zero-order valence-electron chi connectivity index (χ0n) is 12.7. The fourth-order valence-electron chi connectivity index (χ4n) is 6.63. The summed E-state index contributed by atoms with van der Waals surface area (Å²) >= 11 is 0. The van der Waals surface area contributed by atoms with Crippen molar-refractivity contribution in [2.75, 3.05) is 0 Å². The highest BCUT2D eigenvalue weighted by Gasteiger charge is 2.51. The molecule has 3 heteroatoms. The Bertz CT molecular complexity index is 539. The van der Waals surface area contributed by atoms with E-state index in [1.807, 2.05) is 0 Å². The van der Waals surface area contributed by atoms with Crippen molar-refractivity contribution >= 4 is 0 Å². The Kier molecular flexibility index (Phi) is 2.77. The highest BCUT2D eigenvalue weighted by atomic mass is 16.3. The minimum atomic E-state index is 0.0144. The molecule has 0 aliphatic heterocycles. The fourth-order valence-corrected chi connectivity index (χ4v) is 6.63. The van der Waals surface area contributed by atoms with Crippen molar-refractivity contribution in [3.05, 3.63) is 17.5 Å². The number of aliphatic hydroxyl groups excluding tert-OH is 1. The lowest BCUT2D eigenvalue weighted by atomic mass is 9.53. The molecule has 0 amide bonds. The van der Waals surface area contributed by atoms with Crippen LogP contribution in [0.25, 0.3) is 0 Å². The average Bonchev–Trinajstić information content (AvgIpc) is 3.11. The highest BCUT2D eigenvalue weighted by molar-refractivity contribution is 5.22. The molecule has 2 N–H and O–H groups in total. The Morgan fingerprint density at radius 1 is 0.857 bits per heavy atom. The number of fused-ring (bicyclic) bond motifs is 6. The van der Waals surface area contributed by atoms with Gasteiger partial charge < -0.3 is 5.11 Å². The van der Waals surface area contributed by atoms with Crippen molar-refractivity contribution in [1.29, 1.82) is 0 Å². The van der Waals surface area contributed by atoms with Gasteiger partial charge in [-0.1, -0.05) is 0 Å². The van der Waals surface area contributed by atoms with Gasteiger partial charge in [0.25, 0.3) is 0 Å². The molecular weight excluding hydrogens is 260 g/mol. The van der Waals surface area contributed by atoms with E-state index in [4.69, 9.17) is 0 Å². The fraction of sp³-hybridized carbons (Fsp3) is 0.833. The van der Waals surface area contributed by atoms with Crippen LogP contribution in [0.2, 0.25) is 0 Å². The summed E-state index contributed by atoms with van der Waals surface area (Å²) in [4.78, 5) is 0. The second kappa shape index (κ2) is 4.58. The molecule has 21 heavy (non-hydrogen) atoms. The maximum absolute atomic E-state index is 10.2. The zero-order valence-corrected chi connectivity index (χ0v) is 12.7. The number of hydrogen-bond acceptors (Lipinski definition) is 2. The predicted molar refractivity (Wildman–Crippen MR) is 80.6 cm³/mol. The maximum atomic E-state index is 10.2. The van der Waals surface area contributed by atoms with Crippen LogP contribution in [0.15, 0.2) is 6.20 Å². The zero-order chi connectivity index (χ0) is 14.0. The minimum Gasteiger partial charge on any atom is -0.393 e. The molecule has 4 aliphatic carbocycles. The van der Waals surface area contributed by atoms with Gasteiger partial charge in [0.05, 0.1) is 11.8 Å². The molecular formula is C18H26N2O. The van der Waals surface area contributed by atoms with Gasteiger partial charge in [-0.3, -0.25) is 5.10 Å². The van der Waals surface area contributed by atoms with Gasteiger partial charge >= 0.3 is 0 Å². The molecule has 0 aromatic carbocycles. The number of aliphatic hydroxyl groups is 1. The normalized spacial score (nSPS) is 48.1. The number of rotatable bonds is 0. The number of hydrogen-bond donors (Lipinski definition) is 2. The summed E-state index contributed by atoms with van der Waals surface area (Å²) in [5.41, 5.74) is 2.84. The molecule has 0 spiro atoms. The predicted octanol–water partition coefficient (Wildman–Crippen LogP) is 2.95. The molecule has 4 aliphatic rings. The maximum Gasteiger partial charge on any atom is 0.0657 e. The van der Waals surface area contributed by atoms with E-state index in [2.05, 4.69) is 16.4 Å². The van der Waals surface area contributed by atoms with Crippen LogP contribution in [0.1, 0.15) is 49.8 Å². The third-order valence-electron chi connectivity index (χ3n) is 7.52. The van der Waals surface area contributed by atoms with Crippen LogP contribution < -0.4 is 0 Å². The van der Waals surface area contributed by atoms with Crippen LogP contribution in [0.5, 0.6) is 0 Å². The van der Waals surface area contributed by atoms with Gasteiger partial charge in [0.1, 0.15) is 0 Å². The first-order valence-electron chi connectivity index (χ1n) is 9.01. The van der Waals surface area contributed by atoms with Gasteiger partial charge in [-0.2, -0.15) is 5.10 Å². The molecule has 6 unspecified atom stereocenters. The number of aromatic amines is 1. The van der Waals surface area contributed by atoms with Gasteiger partial charge in [0, 0.05) is 6.20 Å². The minimum absolute atomic E-state index is 0.0144. The quantitative estimate of drug-likeness (QED) is 0.770. The summed E-state index contributed by atoms with van der Waals surface area (Å²) < 4.78 is 0. The molecule has 5 rings (SSSR count). The van der Waals surface area contributed by atoms with Gasteiger partial charge in [-0.05, 0) is 92.4 Å². The van der Waals surface area contributed by atoms with Crippen LogP contribution in [-0.4, -0.2) is 21.4 Å². The van der Waals surface area contributed by atoms with Crippen molar-refractivity contribution < 1.29 is 5.11 Å². The van der Waals surface area contributed by atoms with E-state index in [-0.39, 0.29) is 6.10 Å². The summed E-state index contributed by atoms with van der Waals surface area (Å²) in [6.45, 7) is 0. The van der Waals surface area contributed by atoms with Gasteiger partial charge in [-0.25, -0.2) is 0 Å². The summed E-state index contributed by atoms with van der Waals surface area (Å²) in [6.07, 6.45) is 12.5. The highest BCUT2D eigenvalue weighted by Crippen LogP contribution is 2.57. The first-order chi connectivity index (χ1) is 10.3. The molecule has 0 radical (unpaired) electrons. The van der Waals surface area contributed by atoms with Crippen molar-refractivity contribution in [2.24, 2.45) is 35.5 Å². The first kappa shape index (κ1) is 12.7. The molecule has 1 aromatic rings. The topological polar surface area (TPSA) is 48.9 Å². The molecule has 0 bridgehead atoms. The van der Waals surface area contributed by atoms with Crippen LogP contribution in [0, 0.1) is 35.5 Å². The number of nitrogens with zero attached hydrogens (tertiary/aromatic N) is 1. The van der Waals surface area contributed by atoms with Crippen molar-refractivity contribution in [2.45, 2.75) is 57.5 Å². The lowest BCUT2D eigenvalue weighted by molar-refractivity contribution is -0.0257. The van der Waals surface area contributed by atoms with E-state index >= 15 is 0 Å². The Balaban J connectivity index is 1.43. The smallest absolute Gasteiger partial charge is 0.0657 e. The molecule has 3 saturated carbocycles. The molecule has 3 nitrogen and oxygen atoms in total. The largest absolute Gasteiger partial charge is 0.393 e. The summed E-state index contributed by atoms with van der Waals surface area (Å²) in [7, 11) is 0. The van der Waals surface area contributed by atoms with E-state index in [0.717, 1.165) is 36.0 Å².